The summed E-state index contributed by atoms with van der Waals surface area (Å²) in [5.41, 5.74) is 3.68. The molecule has 0 bridgehead atoms. The standard InChI is InChI=1S/C18H22FNO/c1-12(2)20-11-15-9-16(21-4)7-8-17(15)14-6-5-13(3)18(19)10-14/h5-10,12,20H,11H2,1-4H3. The fourth-order valence-corrected chi connectivity index (χ4v) is 2.20. The molecule has 2 rings (SSSR count). The lowest BCUT2D eigenvalue weighted by molar-refractivity contribution is 0.414. The third-order valence-corrected chi connectivity index (χ3v) is 3.50. The molecule has 0 amide bonds. The van der Waals surface area contributed by atoms with Crippen molar-refractivity contribution in [1.82, 2.24) is 5.32 Å². The van der Waals surface area contributed by atoms with Crippen molar-refractivity contribution in [2.24, 2.45) is 0 Å². The Balaban J connectivity index is 2.42. The number of benzene rings is 2. The Morgan fingerprint density at radius 3 is 2.52 bits per heavy atom. The molecule has 2 nitrogen and oxygen atoms in total. The summed E-state index contributed by atoms with van der Waals surface area (Å²) in [6.45, 7) is 6.70. The van der Waals surface area contributed by atoms with Crippen LogP contribution in [0, 0.1) is 12.7 Å². The van der Waals surface area contributed by atoms with E-state index in [2.05, 4.69) is 19.2 Å². The normalized spacial score (nSPS) is 11.0. The van der Waals surface area contributed by atoms with Gasteiger partial charge >= 0.3 is 0 Å². The van der Waals surface area contributed by atoms with Gasteiger partial charge in [0.1, 0.15) is 11.6 Å². The second-order valence-corrected chi connectivity index (χ2v) is 5.52. The molecule has 112 valence electrons. The maximum atomic E-state index is 13.8. The molecule has 0 unspecified atom stereocenters. The first kappa shape index (κ1) is 15.5. The molecule has 1 N–H and O–H groups in total. The van der Waals surface area contributed by atoms with Gasteiger partial charge < -0.3 is 10.1 Å². The number of hydrogen-bond donors (Lipinski definition) is 1. The Bertz CT molecular complexity index is 623. The maximum absolute atomic E-state index is 13.8. The Kier molecular flexibility index (Phi) is 4.97. The van der Waals surface area contributed by atoms with E-state index in [4.69, 9.17) is 4.74 Å². The van der Waals surface area contributed by atoms with Crippen LogP contribution >= 0.6 is 0 Å². The summed E-state index contributed by atoms with van der Waals surface area (Å²) >= 11 is 0. The highest BCUT2D eigenvalue weighted by atomic mass is 19.1. The average molecular weight is 287 g/mol. The Morgan fingerprint density at radius 1 is 1.14 bits per heavy atom. The second kappa shape index (κ2) is 6.72. The summed E-state index contributed by atoms with van der Waals surface area (Å²) < 4.78 is 19.1. The van der Waals surface area contributed by atoms with Crippen molar-refractivity contribution in [3.8, 4) is 16.9 Å². The predicted molar refractivity (Wildman–Crippen MR) is 85.1 cm³/mol. The van der Waals surface area contributed by atoms with Crippen LogP contribution in [0.1, 0.15) is 25.0 Å². The van der Waals surface area contributed by atoms with Gasteiger partial charge in [-0.2, -0.15) is 0 Å². The number of hydrogen-bond acceptors (Lipinski definition) is 2. The summed E-state index contributed by atoms with van der Waals surface area (Å²) in [7, 11) is 1.65. The quantitative estimate of drug-likeness (QED) is 0.885. The molecule has 0 atom stereocenters. The van der Waals surface area contributed by atoms with Crippen molar-refractivity contribution in [3.63, 3.8) is 0 Å². The fraction of sp³-hybridized carbons (Fsp3) is 0.333. The van der Waals surface area contributed by atoms with Crippen LogP contribution in [0.4, 0.5) is 4.39 Å². The number of rotatable bonds is 5. The van der Waals surface area contributed by atoms with E-state index in [0.29, 0.717) is 11.6 Å². The third-order valence-electron chi connectivity index (χ3n) is 3.50. The first-order valence-corrected chi connectivity index (χ1v) is 7.18. The van der Waals surface area contributed by atoms with Crippen molar-refractivity contribution in [1.29, 1.82) is 0 Å². The molecule has 21 heavy (non-hydrogen) atoms. The van der Waals surface area contributed by atoms with Crippen molar-refractivity contribution in [2.45, 2.75) is 33.4 Å². The van der Waals surface area contributed by atoms with E-state index >= 15 is 0 Å². The van der Waals surface area contributed by atoms with Crippen LogP contribution in [0.2, 0.25) is 0 Å². The van der Waals surface area contributed by atoms with Crippen LogP contribution in [-0.4, -0.2) is 13.2 Å². The zero-order valence-corrected chi connectivity index (χ0v) is 13.0. The summed E-state index contributed by atoms with van der Waals surface area (Å²) in [5.74, 6) is 0.637. The monoisotopic (exact) mass is 287 g/mol. The minimum absolute atomic E-state index is 0.175. The molecule has 0 saturated heterocycles. The van der Waals surface area contributed by atoms with Crippen molar-refractivity contribution in [3.05, 3.63) is 53.3 Å². The molecular formula is C18H22FNO. The molecule has 3 heteroatoms. The first-order chi connectivity index (χ1) is 10.0. The molecular weight excluding hydrogens is 265 g/mol. The van der Waals surface area contributed by atoms with Crippen LogP contribution in [0.15, 0.2) is 36.4 Å². The van der Waals surface area contributed by atoms with Gasteiger partial charge in [0, 0.05) is 12.6 Å². The highest BCUT2D eigenvalue weighted by Crippen LogP contribution is 2.28. The van der Waals surface area contributed by atoms with Gasteiger partial charge in [-0.1, -0.05) is 32.0 Å². The lowest BCUT2D eigenvalue weighted by atomic mass is 9.98. The number of halogens is 1. The molecule has 0 spiro atoms. The van der Waals surface area contributed by atoms with Gasteiger partial charge in [-0.05, 0) is 47.4 Å². The summed E-state index contributed by atoms with van der Waals surface area (Å²) in [6, 6.07) is 11.7. The highest BCUT2D eigenvalue weighted by Gasteiger charge is 2.09. The highest BCUT2D eigenvalue weighted by molar-refractivity contribution is 5.68. The Labute approximate surface area is 126 Å². The van der Waals surface area contributed by atoms with Crippen LogP contribution in [0.5, 0.6) is 5.75 Å². The summed E-state index contributed by atoms with van der Waals surface area (Å²) in [5, 5.41) is 3.40. The zero-order chi connectivity index (χ0) is 15.4. The molecule has 0 heterocycles. The largest absolute Gasteiger partial charge is 0.497 e. The van der Waals surface area contributed by atoms with Gasteiger partial charge in [-0.15, -0.1) is 0 Å². The van der Waals surface area contributed by atoms with E-state index < -0.39 is 0 Å². The lowest BCUT2D eigenvalue weighted by Crippen LogP contribution is -2.22. The minimum Gasteiger partial charge on any atom is -0.497 e. The number of ether oxygens (including phenoxy) is 1. The second-order valence-electron chi connectivity index (χ2n) is 5.52. The molecule has 0 aliphatic rings. The molecule has 2 aromatic carbocycles. The molecule has 0 aromatic heterocycles. The topological polar surface area (TPSA) is 21.3 Å². The fourth-order valence-electron chi connectivity index (χ4n) is 2.20. The van der Waals surface area contributed by atoms with E-state index in [9.17, 15) is 4.39 Å². The first-order valence-electron chi connectivity index (χ1n) is 7.18. The SMILES string of the molecule is COc1ccc(-c2ccc(C)c(F)c2)c(CNC(C)C)c1. The number of methoxy groups -OCH3 is 1. The van der Waals surface area contributed by atoms with E-state index in [-0.39, 0.29) is 5.82 Å². The molecule has 0 fully saturated rings. The molecule has 0 radical (unpaired) electrons. The molecule has 0 saturated carbocycles. The van der Waals surface area contributed by atoms with Gasteiger partial charge in [0.05, 0.1) is 7.11 Å². The smallest absolute Gasteiger partial charge is 0.126 e. The third kappa shape index (κ3) is 3.82. The van der Waals surface area contributed by atoms with Gasteiger partial charge in [-0.3, -0.25) is 0 Å². The minimum atomic E-state index is -0.175. The average Bonchev–Trinajstić information content (AvgIpc) is 2.47. The Morgan fingerprint density at radius 2 is 1.90 bits per heavy atom. The van der Waals surface area contributed by atoms with Gasteiger partial charge in [-0.25, -0.2) is 4.39 Å². The predicted octanol–water partition coefficient (Wildman–Crippen LogP) is 4.31. The summed E-state index contributed by atoms with van der Waals surface area (Å²) in [4.78, 5) is 0. The van der Waals surface area contributed by atoms with E-state index in [1.807, 2.05) is 30.3 Å². The van der Waals surface area contributed by atoms with E-state index in [1.54, 1.807) is 20.1 Å². The van der Waals surface area contributed by atoms with Crippen molar-refractivity contribution < 1.29 is 9.13 Å². The number of aryl methyl sites for hydroxylation is 1. The van der Waals surface area contributed by atoms with Crippen LogP contribution in [-0.2, 0) is 6.54 Å². The molecule has 0 aliphatic heterocycles. The zero-order valence-electron chi connectivity index (χ0n) is 13.0. The Hall–Kier alpha value is -1.87. The lowest BCUT2D eigenvalue weighted by Gasteiger charge is -2.15. The van der Waals surface area contributed by atoms with Crippen LogP contribution in [0.3, 0.4) is 0 Å². The van der Waals surface area contributed by atoms with Crippen molar-refractivity contribution >= 4 is 0 Å². The van der Waals surface area contributed by atoms with E-state index in [1.165, 1.54) is 0 Å². The van der Waals surface area contributed by atoms with E-state index in [0.717, 1.165) is 29.0 Å². The van der Waals surface area contributed by atoms with Crippen LogP contribution < -0.4 is 10.1 Å². The maximum Gasteiger partial charge on any atom is 0.126 e. The van der Waals surface area contributed by atoms with Gasteiger partial charge in [0.15, 0.2) is 0 Å². The summed E-state index contributed by atoms with van der Waals surface area (Å²) in [6.07, 6.45) is 0. The van der Waals surface area contributed by atoms with Crippen LogP contribution in [0.25, 0.3) is 11.1 Å². The molecule has 2 aromatic rings. The molecule has 0 aliphatic carbocycles. The van der Waals surface area contributed by atoms with Crippen molar-refractivity contribution in [2.75, 3.05) is 7.11 Å². The van der Waals surface area contributed by atoms with Gasteiger partial charge in [0.2, 0.25) is 0 Å². The number of nitrogens with one attached hydrogen (secondary N) is 1. The van der Waals surface area contributed by atoms with Gasteiger partial charge in [0.25, 0.3) is 0 Å².